The monoisotopic (exact) mass is 283 g/mol. The van der Waals surface area contributed by atoms with Crippen molar-refractivity contribution in [1.29, 1.82) is 0 Å². The number of halogens is 3. The molecule has 0 unspecified atom stereocenters. The van der Waals surface area contributed by atoms with E-state index in [-0.39, 0.29) is 11.3 Å². The van der Waals surface area contributed by atoms with Gasteiger partial charge in [0.05, 0.1) is 5.69 Å². The van der Waals surface area contributed by atoms with Gasteiger partial charge in [-0.05, 0) is 19.1 Å². The highest BCUT2D eigenvalue weighted by atomic mass is 19.4. The standard InChI is InChI=1S/C13H12F3N3O/c1-2-17-12-7-10(18-8-19-12)9-5-3-4-6-11(9)20-13(14,15)16/h3-8H,2H2,1H3,(H,17,18,19). The summed E-state index contributed by atoms with van der Waals surface area (Å²) in [6.45, 7) is 2.54. The summed E-state index contributed by atoms with van der Waals surface area (Å²) in [5, 5.41) is 2.97. The molecule has 0 bridgehead atoms. The Balaban J connectivity index is 2.39. The average molecular weight is 283 g/mol. The van der Waals surface area contributed by atoms with Gasteiger partial charge in [-0.25, -0.2) is 9.97 Å². The highest BCUT2D eigenvalue weighted by molar-refractivity contribution is 5.68. The Morgan fingerprint density at radius 1 is 1.20 bits per heavy atom. The molecule has 2 rings (SSSR count). The minimum Gasteiger partial charge on any atom is -0.405 e. The van der Waals surface area contributed by atoms with E-state index in [0.717, 1.165) is 0 Å². The van der Waals surface area contributed by atoms with Crippen molar-refractivity contribution in [2.45, 2.75) is 13.3 Å². The van der Waals surface area contributed by atoms with Crippen molar-refractivity contribution in [3.63, 3.8) is 0 Å². The van der Waals surface area contributed by atoms with E-state index >= 15 is 0 Å². The number of nitrogens with zero attached hydrogens (tertiary/aromatic N) is 2. The summed E-state index contributed by atoms with van der Waals surface area (Å²) in [4.78, 5) is 7.96. The lowest BCUT2D eigenvalue weighted by atomic mass is 10.1. The van der Waals surface area contributed by atoms with Crippen LogP contribution in [-0.4, -0.2) is 22.9 Å². The van der Waals surface area contributed by atoms with Crippen molar-refractivity contribution >= 4 is 5.82 Å². The minimum atomic E-state index is -4.74. The van der Waals surface area contributed by atoms with Crippen LogP contribution in [0.5, 0.6) is 5.75 Å². The lowest BCUT2D eigenvalue weighted by Crippen LogP contribution is -2.17. The molecule has 20 heavy (non-hydrogen) atoms. The number of rotatable bonds is 4. The summed E-state index contributed by atoms with van der Waals surface area (Å²) in [6, 6.07) is 7.42. The fraction of sp³-hybridized carbons (Fsp3) is 0.231. The topological polar surface area (TPSA) is 47.0 Å². The van der Waals surface area contributed by atoms with Crippen LogP contribution < -0.4 is 10.1 Å². The van der Waals surface area contributed by atoms with E-state index < -0.39 is 6.36 Å². The van der Waals surface area contributed by atoms with Crippen molar-refractivity contribution in [1.82, 2.24) is 9.97 Å². The predicted octanol–water partition coefficient (Wildman–Crippen LogP) is 3.47. The minimum absolute atomic E-state index is 0.256. The fourth-order valence-corrected chi connectivity index (χ4v) is 1.67. The van der Waals surface area contributed by atoms with Gasteiger partial charge >= 0.3 is 6.36 Å². The molecule has 0 saturated carbocycles. The molecular formula is C13H12F3N3O. The van der Waals surface area contributed by atoms with Crippen LogP contribution in [0.25, 0.3) is 11.3 Å². The Hall–Kier alpha value is -2.31. The molecule has 0 aliphatic carbocycles. The molecule has 0 fully saturated rings. The van der Waals surface area contributed by atoms with Crippen molar-refractivity contribution < 1.29 is 17.9 Å². The summed E-state index contributed by atoms with van der Waals surface area (Å²) in [7, 11) is 0. The molecule has 0 atom stereocenters. The molecule has 1 N–H and O–H groups in total. The molecule has 1 aromatic heterocycles. The third kappa shape index (κ3) is 3.59. The van der Waals surface area contributed by atoms with Crippen molar-refractivity contribution in [3.8, 4) is 17.0 Å². The molecule has 0 aliphatic rings. The van der Waals surface area contributed by atoms with E-state index in [2.05, 4.69) is 20.0 Å². The van der Waals surface area contributed by atoms with Crippen LogP contribution in [0.3, 0.4) is 0 Å². The van der Waals surface area contributed by atoms with E-state index in [1.54, 1.807) is 12.1 Å². The lowest BCUT2D eigenvalue weighted by Gasteiger charge is -2.13. The van der Waals surface area contributed by atoms with Gasteiger partial charge in [0.25, 0.3) is 0 Å². The molecule has 7 heteroatoms. The highest BCUT2D eigenvalue weighted by Crippen LogP contribution is 2.32. The Kier molecular flexibility index (Phi) is 4.07. The number of anilines is 1. The van der Waals surface area contributed by atoms with E-state index in [0.29, 0.717) is 18.1 Å². The van der Waals surface area contributed by atoms with E-state index in [4.69, 9.17) is 0 Å². The van der Waals surface area contributed by atoms with Crippen LogP contribution >= 0.6 is 0 Å². The predicted molar refractivity (Wildman–Crippen MR) is 68.3 cm³/mol. The third-order valence-corrected chi connectivity index (χ3v) is 2.41. The number of hydrogen-bond acceptors (Lipinski definition) is 4. The summed E-state index contributed by atoms with van der Waals surface area (Å²) in [5.41, 5.74) is 0.613. The van der Waals surface area contributed by atoms with Crippen LogP contribution in [0, 0.1) is 0 Å². The van der Waals surface area contributed by atoms with Gasteiger partial charge in [0.2, 0.25) is 0 Å². The zero-order valence-corrected chi connectivity index (χ0v) is 10.6. The number of benzene rings is 1. The Morgan fingerprint density at radius 2 is 1.95 bits per heavy atom. The van der Waals surface area contributed by atoms with E-state index in [1.807, 2.05) is 6.92 Å². The molecule has 1 heterocycles. The molecule has 0 radical (unpaired) electrons. The van der Waals surface area contributed by atoms with Crippen molar-refractivity contribution in [2.75, 3.05) is 11.9 Å². The van der Waals surface area contributed by atoms with Crippen LogP contribution in [0.2, 0.25) is 0 Å². The number of ether oxygens (including phenoxy) is 1. The van der Waals surface area contributed by atoms with Crippen molar-refractivity contribution in [2.24, 2.45) is 0 Å². The lowest BCUT2D eigenvalue weighted by molar-refractivity contribution is -0.274. The summed E-state index contributed by atoms with van der Waals surface area (Å²) in [6.07, 6.45) is -3.45. The molecule has 4 nitrogen and oxygen atoms in total. The molecule has 0 amide bonds. The SMILES string of the molecule is CCNc1cc(-c2ccccc2OC(F)(F)F)ncn1. The van der Waals surface area contributed by atoms with Gasteiger partial charge in [-0.3, -0.25) is 0 Å². The largest absolute Gasteiger partial charge is 0.573 e. The Labute approximate surface area is 113 Å². The molecule has 0 spiro atoms. The number of para-hydroxylation sites is 1. The maximum Gasteiger partial charge on any atom is 0.573 e. The maximum atomic E-state index is 12.4. The zero-order valence-electron chi connectivity index (χ0n) is 10.6. The molecule has 0 saturated heterocycles. The molecule has 2 aromatic rings. The average Bonchev–Trinajstić information content (AvgIpc) is 2.38. The smallest absolute Gasteiger partial charge is 0.405 e. The van der Waals surface area contributed by atoms with Crippen LogP contribution in [0.1, 0.15) is 6.92 Å². The second-order valence-corrected chi connectivity index (χ2v) is 3.86. The number of aromatic nitrogens is 2. The first-order chi connectivity index (χ1) is 9.49. The highest BCUT2D eigenvalue weighted by Gasteiger charge is 2.32. The second kappa shape index (κ2) is 5.77. The van der Waals surface area contributed by atoms with Gasteiger partial charge < -0.3 is 10.1 Å². The van der Waals surface area contributed by atoms with Crippen molar-refractivity contribution in [3.05, 3.63) is 36.7 Å². The van der Waals surface area contributed by atoms with Crippen LogP contribution in [0.4, 0.5) is 19.0 Å². The Bertz CT molecular complexity index is 587. The molecular weight excluding hydrogens is 271 g/mol. The van der Waals surface area contributed by atoms with Gasteiger partial charge in [-0.2, -0.15) is 0 Å². The van der Waals surface area contributed by atoms with Gasteiger partial charge in [0.15, 0.2) is 0 Å². The van der Waals surface area contributed by atoms with E-state index in [9.17, 15) is 13.2 Å². The van der Waals surface area contributed by atoms with Gasteiger partial charge in [0.1, 0.15) is 17.9 Å². The first-order valence-corrected chi connectivity index (χ1v) is 5.90. The molecule has 0 aliphatic heterocycles. The maximum absolute atomic E-state index is 12.4. The number of alkyl halides is 3. The van der Waals surface area contributed by atoms with Crippen LogP contribution in [-0.2, 0) is 0 Å². The fourth-order valence-electron chi connectivity index (χ4n) is 1.67. The Morgan fingerprint density at radius 3 is 2.65 bits per heavy atom. The number of nitrogens with one attached hydrogen (secondary N) is 1. The van der Waals surface area contributed by atoms with Gasteiger partial charge in [-0.15, -0.1) is 13.2 Å². The third-order valence-electron chi connectivity index (χ3n) is 2.41. The molecule has 106 valence electrons. The van der Waals surface area contributed by atoms with Crippen LogP contribution in [0.15, 0.2) is 36.7 Å². The molecule has 1 aromatic carbocycles. The van der Waals surface area contributed by atoms with E-state index in [1.165, 1.54) is 24.5 Å². The number of hydrogen-bond donors (Lipinski definition) is 1. The zero-order chi connectivity index (χ0) is 14.6. The van der Waals surface area contributed by atoms with Gasteiger partial charge in [-0.1, -0.05) is 12.1 Å². The first kappa shape index (κ1) is 14.1. The summed E-state index contributed by atoms with van der Waals surface area (Å²) >= 11 is 0. The normalized spacial score (nSPS) is 11.2. The summed E-state index contributed by atoms with van der Waals surface area (Å²) < 4.78 is 41.1. The second-order valence-electron chi connectivity index (χ2n) is 3.86. The quantitative estimate of drug-likeness (QED) is 0.933. The summed E-state index contributed by atoms with van der Waals surface area (Å²) in [5.74, 6) is 0.250. The van der Waals surface area contributed by atoms with Gasteiger partial charge in [0, 0.05) is 18.2 Å². The first-order valence-electron chi connectivity index (χ1n) is 5.90.